The van der Waals surface area contributed by atoms with Gasteiger partial charge in [0.25, 0.3) is 5.91 Å². The van der Waals surface area contributed by atoms with E-state index in [1.165, 1.54) is 52.6 Å². The number of thiazole rings is 1. The molecule has 11 heteroatoms. The third-order valence-electron chi connectivity index (χ3n) is 8.55. The van der Waals surface area contributed by atoms with Gasteiger partial charge in [-0.15, -0.1) is 11.3 Å². The number of alkyl halides is 3. The fourth-order valence-corrected chi connectivity index (χ4v) is 6.97. The third-order valence-corrected chi connectivity index (χ3v) is 9.55. The number of aliphatic hydroxyl groups excluding tert-OH is 1. The number of carbonyl (C=O) groups excluding carboxylic acids is 1. The number of halogens is 4. The molecule has 0 saturated carbocycles. The van der Waals surface area contributed by atoms with E-state index in [0.717, 1.165) is 17.1 Å². The van der Waals surface area contributed by atoms with Crippen LogP contribution in [0.5, 0.6) is 0 Å². The maximum atomic E-state index is 13.9. The summed E-state index contributed by atoms with van der Waals surface area (Å²) in [6.07, 6.45) is -4.07. The van der Waals surface area contributed by atoms with E-state index in [0.29, 0.717) is 53.9 Å². The summed E-state index contributed by atoms with van der Waals surface area (Å²) < 4.78 is 53.0. The van der Waals surface area contributed by atoms with Crippen molar-refractivity contribution >= 4 is 22.9 Å². The molecule has 48 heavy (non-hydrogen) atoms. The van der Waals surface area contributed by atoms with Crippen LogP contribution in [0.2, 0.25) is 0 Å². The number of amides is 1. The second-order valence-corrected chi connectivity index (χ2v) is 12.4. The van der Waals surface area contributed by atoms with Crippen LogP contribution in [0, 0.1) is 17.1 Å². The highest BCUT2D eigenvalue weighted by atomic mass is 32.1. The first-order chi connectivity index (χ1) is 23.1. The van der Waals surface area contributed by atoms with Gasteiger partial charge in [-0.2, -0.15) is 18.4 Å². The second-order valence-electron chi connectivity index (χ2n) is 11.5. The summed E-state index contributed by atoms with van der Waals surface area (Å²) in [4.78, 5) is 22.0. The van der Waals surface area contributed by atoms with Crippen molar-refractivity contribution in [3.05, 3.63) is 142 Å². The Kier molecular flexibility index (Phi) is 9.68. The molecule has 1 aromatic heterocycles. The van der Waals surface area contributed by atoms with Gasteiger partial charge in [-0.25, -0.2) is 9.37 Å². The first-order valence-corrected chi connectivity index (χ1v) is 16.2. The number of carbonyl (C=O) groups is 1. The van der Waals surface area contributed by atoms with Gasteiger partial charge in [-0.05, 0) is 65.9 Å². The van der Waals surface area contributed by atoms with Gasteiger partial charge in [0.15, 0.2) is 0 Å². The summed E-state index contributed by atoms with van der Waals surface area (Å²) in [5.41, 5.74) is 2.28. The third kappa shape index (κ3) is 7.01. The Morgan fingerprint density at radius 1 is 0.938 bits per heavy atom. The van der Waals surface area contributed by atoms with Gasteiger partial charge < -0.3 is 5.11 Å². The van der Waals surface area contributed by atoms with Crippen LogP contribution in [0.15, 0.2) is 109 Å². The maximum absolute atomic E-state index is 13.9. The molecule has 1 aliphatic heterocycles. The molecule has 1 fully saturated rings. The number of likely N-dealkylation sites (tertiary alicyclic amines) is 1. The summed E-state index contributed by atoms with van der Waals surface area (Å²) in [6, 6.07) is 27.5. The molecule has 2 heterocycles. The van der Waals surface area contributed by atoms with E-state index in [-0.39, 0.29) is 11.6 Å². The highest BCUT2D eigenvalue weighted by Gasteiger charge is 2.33. The topological polar surface area (TPSA) is 80.5 Å². The molecule has 6 nitrogen and oxygen atoms in total. The fraction of sp³-hybridized carbons (Fsp3) is 0.216. The zero-order valence-electron chi connectivity index (χ0n) is 25.5. The molecule has 1 saturated heterocycles. The van der Waals surface area contributed by atoms with E-state index in [1.54, 1.807) is 53.9 Å². The van der Waals surface area contributed by atoms with Crippen molar-refractivity contribution in [2.75, 3.05) is 18.0 Å². The number of para-hydroxylation sites is 1. The molecular formula is C37H30F4N4O2S. The van der Waals surface area contributed by atoms with E-state index >= 15 is 0 Å². The largest absolute Gasteiger partial charge is 0.416 e. The molecule has 0 bridgehead atoms. The number of rotatable bonds is 8. The van der Waals surface area contributed by atoms with Gasteiger partial charge in [-0.3, -0.25) is 14.6 Å². The van der Waals surface area contributed by atoms with Gasteiger partial charge in [0.1, 0.15) is 23.8 Å². The molecule has 2 atom stereocenters. The standard InChI is InChI=1S/C37H30F4N4O2S/c38-28-16-12-25(13-17-28)33(22-42)45(29-6-2-1-3-7-29)36(47)32-23-48-34(43-32)26-18-20-44(21-19-26)35(46)31-9-5-4-8-30(31)24-10-14-27(15-11-24)37(39,40)41/h1-17,23,26,33,35,46H,18-21H2. The molecule has 0 radical (unpaired) electrons. The lowest BCUT2D eigenvalue weighted by Gasteiger charge is -2.35. The molecule has 244 valence electrons. The maximum Gasteiger partial charge on any atom is 0.416 e. The van der Waals surface area contributed by atoms with Gasteiger partial charge in [0.05, 0.1) is 16.6 Å². The van der Waals surface area contributed by atoms with E-state index in [1.807, 2.05) is 11.0 Å². The SMILES string of the molecule is N#CC(c1ccc(F)cc1)N(C(=O)c1csc(C2CCN(C(O)c3ccccc3-c3ccc(C(F)(F)F)cc3)CC2)n1)c1ccccc1. The van der Waals surface area contributed by atoms with Crippen molar-refractivity contribution in [3.8, 4) is 17.2 Å². The molecule has 4 aromatic carbocycles. The second kappa shape index (κ2) is 14.1. The van der Waals surface area contributed by atoms with Crippen molar-refractivity contribution in [1.82, 2.24) is 9.88 Å². The van der Waals surface area contributed by atoms with E-state index in [2.05, 4.69) is 6.07 Å². The van der Waals surface area contributed by atoms with Crippen molar-refractivity contribution in [2.24, 2.45) is 0 Å². The van der Waals surface area contributed by atoms with Crippen molar-refractivity contribution in [3.63, 3.8) is 0 Å². The smallest absolute Gasteiger partial charge is 0.374 e. The molecule has 6 rings (SSSR count). The van der Waals surface area contributed by atoms with Crippen LogP contribution in [0.25, 0.3) is 11.1 Å². The zero-order chi connectivity index (χ0) is 33.8. The number of nitriles is 1. The lowest BCUT2D eigenvalue weighted by Crippen LogP contribution is -2.36. The van der Waals surface area contributed by atoms with Crippen LogP contribution in [-0.4, -0.2) is 34.0 Å². The Balaban J connectivity index is 1.16. The number of benzene rings is 4. The number of hydrogen-bond acceptors (Lipinski definition) is 6. The molecule has 1 amide bonds. The van der Waals surface area contributed by atoms with Crippen molar-refractivity contribution < 1.29 is 27.5 Å². The Bertz CT molecular complexity index is 1900. The molecule has 2 unspecified atom stereocenters. The summed E-state index contributed by atoms with van der Waals surface area (Å²) in [5, 5.41) is 24.0. The van der Waals surface area contributed by atoms with Crippen LogP contribution in [-0.2, 0) is 6.18 Å². The highest BCUT2D eigenvalue weighted by molar-refractivity contribution is 7.10. The summed E-state index contributed by atoms with van der Waals surface area (Å²) in [5.74, 6) is -0.856. The summed E-state index contributed by atoms with van der Waals surface area (Å²) in [6.45, 7) is 1.07. The average molecular weight is 671 g/mol. The summed E-state index contributed by atoms with van der Waals surface area (Å²) >= 11 is 1.37. The van der Waals surface area contributed by atoms with Gasteiger partial charge in [-0.1, -0.05) is 66.7 Å². The Labute approximate surface area is 279 Å². The fourth-order valence-electron chi connectivity index (χ4n) is 6.01. The number of aromatic nitrogens is 1. The van der Waals surface area contributed by atoms with Crippen LogP contribution in [0.3, 0.4) is 0 Å². The normalized spacial score (nSPS) is 15.4. The average Bonchev–Trinajstić information content (AvgIpc) is 3.61. The molecule has 0 spiro atoms. The minimum atomic E-state index is -4.43. The number of hydrogen-bond donors (Lipinski definition) is 1. The first-order valence-electron chi connectivity index (χ1n) is 15.3. The number of aliphatic hydroxyl groups is 1. The monoisotopic (exact) mass is 670 g/mol. The van der Waals surface area contributed by atoms with Crippen LogP contribution >= 0.6 is 11.3 Å². The minimum Gasteiger partial charge on any atom is -0.374 e. The number of anilines is 1. The first kappa shape index (κ1) is 33.0. The molecule has 1 N–H and O–H groups in total. The lowest BCUT2D eigenvalue weighted by atomic mass is 9.94. The van der Waals surface area contributed by atoms with Gasteiger partial charge in [0.2, 0.25) is 0 Å². The number of piperidine rings is 1. The highest BCUT2D eigenvalue weighted by Crippen LogP contribution is 2.38. The van der Waals surface area contributed by atoms with E-state index in [4.69, 9.17) is 4.98 Å². The molecular weight excluding hydrogens is 640 g/mol. The van der Waals surface area contributed by atoms with Crippen molar-refractivity contribution in [2.45, 2.75) is 37.2 Å². The van der Waals surface area contributed by atoms with Crippen molar-refractivity contribution in [1.29, 1.82) is 5.26 Å². The summed E-state index contributed by atoms with van der Waals surface area (Å²) in [7, 11) is 0. The van der Waals surface area contributed by atoms with Gasteiger partial charge in [0, 0.05) is 35.6 Å². The Morgan fingerprint density at radius 3 is 2.23 bits per heavy atom. The predicted molar refractivity (Wildman–Crippen MR) is 176 cm³/mol. The molecule has 1 aliphatic rings. The lowest BCUT2D eigenvalue weighted by molar-refractivity contribution is -0.137. The Morgan fingerprint density at radius 2 is 1.58 bits per heavy atom. The quantitative estimate of drug-likeness (QED) is 0.167. The van der Waals surface area contributed by atoms with E-state index in [9.17, 15) is 32.7 Å². The predicted octanol–water partition coefficient (Wildman–Crippen LogP) is 8.75. The molecule has 0 aliphatic carbocycles. The minimum absolute atomic E-state index is 0.0409. The van der Waals surface area contributed by atoms with Crippen LogP contribution < -0.4 is 4.90 Å². The Hall–Kier alpha value is -4.89. The molecule has 5 aromatic rings. The van der Waals surface area contributed by atoms with Gasteiger partial charge >= 0.3 is 6.18 Å². The van der Waals surface area contributed by atoms with E-state index < -0.39 is 35.7 Å². The van der Waals surface area contributed by atoms with Crippen LogP contribution in [0.1, 0.15) is 63.2 Å². The zero-order valence-corrected chi connectivity index (χ0v) is 26.3. The number of nitrogens with zero attached hydrogens (tertiary/aromatic N) is 4. The van der Waals surface area contributed by atoms with Crippen LogP contribution in [0.4, 0.5) is 23.2 Å².